The monoisotopic (exact) mass is 348 g/mol. The molecule has 1 saturated heterocycles. The van der Waals surface area contributed by atoms with Crippen LogP contribution in [0.5, 0.6) is 0 Å². The Bertz CT molecular complexity index is 987. The normalized spacial score (nSPS) is 21.7. The maximum absolute atomic E-state index is 12.3. The Kier molecular flexibility index (Phi) is 3.49. The molecule has 2 atom stereocenters. The van der Waals surface area contributed by atoms with Gasteiger partial charge in [0.1, 0.15) is 5.82 Å². The van der Waals surface area contributed by atoms with Crippen LogP contribution in [0, 0.1) is 11.8 Å². The summed E-state index contributed by atoms with van der Waals surface area (Å²) in [5.41, 5.74) is 2.80. The Hall–Kier alpha value is -2.80. The van der Waals surface area contributed by atoms with Gasteiger partial charge < -0.3 is 5.32 Å². The van der Waals surface area contributed by atoms with Crippen molar-refractivity contribution in [1.82, 2.24) is 24.6 Å². The Morgan fingerprint density at radius 3 is 2.77 bits per heavy atom. The number of nitrogens with one attached hydrogen (secondary N) is 1. The van der Waals surface area contributed by atoms with Crippen LogP contribution in [0.25, 0.3) is 22.0 Å². The van der Waals surface area contributed by atoms with E-state index in [1.54, 1.807) is 10.9 Å². The summed E-state index contributed by atoms with van der Waals surface area (Å²) < 4.78 is 1.76. The van der Waals surface area contributed by atoms with E-state index >= 15 is 0 Å². The number of aromatic nitrogens is 4. The number of pyridine rings is 2. The molecular formula is C19H20N6O. The van der Waals surface area contributed by atoms with E-state index in [0.717, 1.165) is 47.0 Å². The fourth-order valence-corrected chi connectivity index (χ4v) is 3.84. The van der Waals surface area contributed by atoms with Gasteiger partial charge in [-0.05, 0) is 30.4 Å². The summed E-state index contributed by atoms with van der Waals surface area (Å²) in [6.07, 6.45) is 8.62. The van der Waals surface area contributed by atoms with Gasteiger partial charge in [-0.1, -0.05) is 0 Å². The molecule has 3 aromatic rings. The molecule has 2 aliphatic rings. The largest absolute Gasteiger partial charge is 0.310 e. The van der Waals surface area contributed by atoms with Gasteiger partial charge in [0.25, 0.3) is 0 Å². The smallest absolute Gasteiger partial charge is 0.239 e. The number of likely N-dealkylation sites (tertiary alicyclic amines) is 1. The van der Waals surface area contributed by atoms with Crippen molar-refractivity contribution in [2.45, 2.75) is 6.42 Å². The molecule has 1 aliphatic heterocycles. The zero-order chi connectivity index (χ0) is 17.7. The molecule has 0 aromatic carbocycles. The highest BCUT2D eigenvalue weighted by Gasteiger charge is 2.45. The molecule has 3 aromatic heterocycles. The summed E-state index contributed by atoms with van der Waals surface area (Å²) in [5, 5.41) is 8.06. The first-order chi connectivity index (χ1) is 12.6. The molecule has 2 unspecified atom stereocenters. The van der Waals surface area contributed by atoms with Crippen LogP contribution in [0.3, 0.4) is 0 Å². The number of carbonyl (C=O) groups excluding carboxylic acids is 1. The summed E-state index contributed by atoms with van der Waals surface area (Å²) in [6, 6.07) is 3.92. The third-order valence-electron chi connectivity index (χ3n) is 5.29. The van der Waals surface area contributed by atoms with Gasteiger partial charge in [0.05, 0.1) is 24.5 Å². The van der Waals surface area contributed by atoms with Crippen molar-refractivity contribution in [3.63, 3.8) is 0 Å². The van der Waals surface area contributed by atoms with E-state index in [9.17, 15) is 4.79 Å². The standard InChI is InChI=1S/C19H20N6O/c1-24-8-16(6-22-24)13-2-12-4-18(21-7-17(12)20-5-13)23-19(26)11-25-9-14-3-15(14)10-25/h2,4-8,14-15H,3,9-11H2,1H3,(H,21,23,26). The van der Waals surface area contributed by atoms with Gasteiger partial charge in [0.2, 0.25) is 5.91 Å². The van der Waals surface area contributed by atoms with E-state index < -0.39 is 0 Å². The van der Waals surface area contributed by atoms with Crippen molar-refractivity contribution in [2.75, 3.05) is 25.0 Å². The van der Waals surface area contributed by atoms with E-state index in [2.05, 4.69) is 25.3 Å². The molecule has 7 nitrogen and oxygen atoms in total. The van der Waals surface area contributed by atoms with Crippen molar-refractivity contribution < 1.29 is 4.79 Å². The molecule has 4 heterocycles. The number of piperidine rings is 1. The van der Waals surface area contributed by atoms with E-state index in [1.807, 2.05) is 37.8 Å². The van der Waals surface area contributed by atoms with E-state index in [4.69, 9.17) is 0 Å². The molecule has 0 bridgehead atoms. The summed E-state index contributed by atoms with van der Waals surface area (Å²) >= 11 is 0. The highest BCUT2D eigenvalue weighted by atomic mass is 16.2. The number of carbonyl (C=O) groups is 1. The number of hydrogen-bond acceptors (Lipinski definition) is 5. The predicted molar refractivity (Wildman–Crippen MR) is 98.4 cm³/mol. The van der Waals surface area contributed by atoms with Crippen molar-refractivity contribution >= 4 is 22.6 Å². The Labute approximate surface area is 151 Å². The van der Waals surface area contributed by atoms with Crippen molar-refractivity contribution in [3.8, 4) is 11.1 Å². The number of anilines is 1. The highest BCUT2D eigenvalue weighted by Crippen LogP contribution is 2.44. The van der Waals surface area contributed by atoms with E-state index in [0.29, 0.717) is 12.4 Å². The molecule has 1 amide bonds. The second kappa shape index (κ2) is 5.88. The molecule has 132 valence electrons. The molecule has 5 rings (SSSR count). The van der Waals surface area contributed by atoms with Crippen LogP contribution < -0.4 is 5.32 Å². The fraction of sp³-hybridized carbons (Fsp3) is 0.368. The van der Waals surface area contributed by atoms with Crippen LogP contribution in [0.2, 0.25) is 0 Å². The topological polar surface area (TPSA) is 75.9 Å². The predicted octanol–water partition coefficient (Wildman–Crippen LogP) is 1.92. The van der Waals surface area contributed by atoms with Crippen LogP contribution in [-0.4, -0.2) is 50.2 Å². The minimum atomic E-state index is -0.00507. The summed E-state index contributed by atoms with van der Waals surface area (Å²) in [7, 11) is 1.89. The lowest BCUT2D eigenvalue weighted by atomic mass is 10.1. The fourth-order valence-electron chi connectivity index (χ4n) is 3.84. The molecule has 1 saturated carbocycles. The van der Waals surface area contributed by atoms with Crippen LogP contribution in [0.15, 0.2) is 36.9 Å². The van der Waals surface area contributed by atoms with Crippen LogP contribution >= 0.6 is 0 Å². The van der Waals surface area contributed by atoms with Crippen LogP contribution in [0.4, 0.5) is 5.82 Å². The molecule has 7 heteroatoms. The van der Waals surface area contributed by atoms with Crippen LogP contribution in [-0.2, 0) is 11.8 Å². The second-order valence-corrected chi connectivity index (χ2v) is 7.39. The first-order valence-electron chi connectivity index (χ1n) is 8.91. The zero-order valence-corrected chi connectivity index (χ0v) is 14.6. The third kappa shape index (κ3) is 2.94. The average molecular weight is 348 g/mol. The average Bonchev–Trinajstić information content (AvgIpc) is 3.01. The van der Waals surface area contributed by atoms with E-state index in [-0.39, 0.29) is 5.91 Å². The van der Waals surface area contributed by atoms with Gasteiger partial charge >= 0.3 is 0 Å². The highest BCUT2D eigenvalue weighted by molar-refractivity contribution is 5.93. The van der Waals surface area contributed by atoms with Gasteiger partial charge in [-0.3, -0.25) is 19.4 Å². The minimum Gasteiger partial charge on any atom is -0.310 e. The lowest BCUT2D eigenvalue weighted by molar-refractivity contribution is -0.117. The summed E-state index contributed by atoms with van der Waals surface area (Å²) in [6.45, 7) is 2.56. The number of nitrogens with zero attached hydrogens (tertiary/aromatic N) is 5. The van der Waals surface area contributed by atoms with Crippen molar-refractivity contribution in [3.05, 3.63) is 36.9 Å². The zero-order valence-electron chi connectivity index (χ0n) is 14.6. The maximum atomic E-state index is 12.3. The molecule has 2 fully saturated rings. The Balaban J connectivity index is 1.33. The number of hydrogen-bond donors (Lipinski definition) is 1. The first-order valence-corrected chi connectivity index (χ1v) is 8.91. The quantitative estimate of drug-likeness (QED) is 0.780. The Morgan fingerprint density at radius 1 is 1.15 bits per heavy atom. The van der Waals surface area contributed by atoms with Gasteiger partial charge in [-0.15, -0.1) is 0 Å². The van der Waals surface area contributed by atoms with E-state index in [1.165, 1.54) is 6.42 Å². The molecular weight excluding hydrogens is 328 g/mol. The van der Waals surface area contributed by atoms with Crippen molar-refractivity contribution in [1.29, 1.82) is 0 Å². The minimum absolute atomic E-state index is 0.00507. The van der Waals surface area contributed by atoms with Crippen LogP contribution in [0.1, 0.15) is 6.42 Å². The molecule has 0 spiro atoms. The number of amides is 1. The van der Waals surface area contributed by atoms with Gasteiger partial charge in [-0.25, -0.2) is 4.98 Å². The van der Waals surface area contributed by atoms with Gasteiger partial charge in [0, 0.05) is 49.0 Å². The molecule has 1 N–H and O–H groups in total. The Morgan fingerprint density at radius 2 is 2.00 bits per heavy atom. The molecule has 1 aliphatic carbocycles. The number of rotatable bonds is 4. The lowest BCUT2D eigenvalue weighted by Gasteiger charge is -2.16. The van der Waals surface area contributed by atoms with Crippen molar-refractivity contribution in [2.24, 2.45) is 18.9 Å². The summed E-state index contributed by atoms with van der Waals surface area (Å²) in [4.78, 5) is 23.3. The molecule has 26 heavy (non-hydrogen) atoms. The SMILES string of the molecule is Cn1cc(-c2cnc3cnc(NC(=O)CN4CC5CC5C4)cc3c2)cn1. The molecule has 0 radical (unpaired) electrons. The maximum Gasteiger partial charge on any atom is 0.239 e. The third-order valence-corrected chi connectivity index (χ3v) is 5.29. The number of fused-ring (bicyclic) bond motifs is 2. The first kappa shape index (κ1) is 15.5. The summed E-state index contributed by atoms with van der Waals surface area (Å²) in [5.74, 6) is 2.23. The number of aryl methyl sites for hydroxylation is 1. The van der Waals surface area contributed by atoms with Gasteiger partial charge in [0.15, 0.2) is 0 Å². The lowest BCUT2D eigenvalue weighted by Crippen LogP contribution is -2.32. The second-order valence-electron chi connectivity index (χ2n) is 7.39. The van der Waals surface area contributed by atoms with Gasteiger partial charge in [-0.2, -0.15) is 5.10 Å².